The predicted octanol–water partition coefficient (Wildman–Crippen LogP) is 1.44. The Labute approximate surface area is 106 Å². The van der Waals surface area contributed by atoms with E-state index in [4.69, 9.17) is 0 Å². The van der Waals surface area contributed by atoms with E-state index in [0.29, 0.717) is 6.42 Å². The summed E-state index contributed by atoms with van der Waals surface area (Å²) in [6.45, 7) is 1.98. The van der Waals surface area contributed by atoms with Crippen LogP contribution in [0.5, 0.6) is 0 Å². The third-order valence-electron chi connectivity index (χ3n) is 2.52. The lowest BCUT2D eigenvalue weighted by Crippen LogP contribution is -2.42. The van der Waals surface area contributed by atoms with Crippen LogP contribution in [-0.4, -0.2) is 32.3 Å². The molecule has 0 radical (unpaired) electrons. The minimum absolute atomic E-state index is 0.363. The first kappa shape index (κ1) is 14.0. The molecule has 0 saturated carbocycles. The normalized spacial score (nSPS) is 11.5. The first-order valence-corrected chi connectivity index (χ1v) is 5.54. The lowest BCUT2D eigenvalue weighted by Gasteiger charge is -2.15. The third-order valence-corrected chi connectivity index (χ3v) is 2.52. The second-order valence-electron chi connectivity index (χ2n) is 3.90. The summed E-state index contributed by atoms with van der Waals surface area (Å²) in [5.74, 6) is -0.499. The highest BCUT2D eigenvalue weighted by atomic mass is 16.5. The van der Waals surface area contributed by atoms with Gasteiger partial charge >= 0.3 is 12.1 Å². The first-order chi connectivity index (χ1) is 8.56. The van der Waals surface area contributed by atoms with Crippen molar-refractivity contribution in [3.63, 3.8) is 0 Å². The maximum atomic E-state index is 11.5. The SMILES string of the molecule is COC(=O)NC(Cc1ccc(C)cc1)C(=O)OC. The smallest absolute Gasteiger partial charge is 0.407 e. The third kappa shape index (κ3) is 4.08. The molecule has 18 heavy (non-hydrogen) atoms. The van der Waals surface area contributed by atoms with Gasteiger partial charge in [0.1, 0.15) is 6.04 Å². The minimum atomic E-state index is -0.745. The van der Waals surface area contributed by atoms with Crippen LogP contribution in [0.25, 0.3) is 0 Å². The van der Waals surface area contributed by atoms with E-state index in [0.717, 1.165) is 11.1 Å². The highest BCUT2D eigenvalue weighted by Crippen LogP contribution is 2.07. The predicted molar refractivity (Wildman–Crippen MR) is 66.2 cm³/mol. The van der Waals surface area contributed by atoms with Gasteiger partial charge in [-0.2, -0.15) is 0 Å². The number of methoxy groups -OCH3 is 2. The van der Waals surface area contributed by atoms with Gasteiger partial charge in [0.2, 0.25) is 0 Å². The number of amides is 1. The topological polar surface area (TPSA) is 64.6 Å². The molecular formula is C13H17NO4. The summed E-state index contributed by atoms with van der Waals surface area (Å²) in [5.41, 5.74) is 2.07. The molecule has 1 amide bonds. The molecule has 0 aromatic heterocycles. The Hall–Kier alpha value is -2.04. The minimum Gasteiger partial charge on any atom is -0.467 e. The van der Waals surface area contributed by atoms with Gasteiger partial charge in [0.15, 0.2) is 0 Å². The van der Waals surface area contributed by atoms with Crippen LogP contribution in [0.2, 0.25) is 0 Å². The summed E-state index contributed by atoms with van der Waals surface area (Å²) in [7, 11) is 2.53. The van der Waals surface area contributed by atoms with Crippen molar-refractivity contribution in [1.29, 1.82) is 0 Å². The molecule has 0 bridgehead atoms. The number of carbonyl (C=O) groups excluding carboxylic acids is 2. The number of nitrogens with one attached hydrogen (secondary N) is 1. The zero-order valence-corrected chi connectivity index (χ0v) is 10.7. The number of aryl methyl sites for hydroxylation is 1. The lowest BCUT2D eigenvalue weighted by molar-refractivity contribution is -0.142. The van der Waals surface area contributed by atoms with Crippen LogP contribution in [-0.2, 0) is 20.7 Å². The molecule has 0 fully saturated rings. The molecule has 0 saturated heterocycles. The molecule has 1 N–H and O–H groups in total. The highest BCUT2D eigenvalue weighted by Gasteiger charge is 2.22. The monoisotopic (exact) mass is 251 g/mol. The number of alkyl carbamates (subject to hydrolysis) is 1. The Morgan fingerprint density at radius 1 is 1.17 bits per heavy atom. The maximum absolute atomic E-state index is 11.5. The number of benzene rings is 1. The van der Waals surface area contributed by atoms with Gasteiger partial charge in [-0.3, -0.25) is 0 Å². The summed E-state index contributed by atoms with van der Waals surface area (Å²) in [5, 5.41) is 2.44. The van der Waals surface area contributed by atoms with Crippen molar-refractivity contribution in [2.45, 2.75) is 19.4 Å². The molecule has 1 rings (SSSR count). The number of carbonyl (C=O) groups is 2. The van der Waals surface area contributed by atoms with Crippen molar-refractivity contribution in [1.82, 2.24) is 5.32 Å². The average molecular weight is 251 g/mol. The summed E-state index contributed by atoms with van der Waals surface area (Å²) in [6, 6.07) is 6.96. The molecule has 1 aromatic carbocycles. The quantitative estimate of drug-likeness (QED) is 0.822. The fourth-order valence-electron chi connectivity index (χ4n) is 1.50. The molecule has 5 nitrogen and oxygen atoms in total. The fraction of sp³-hybridized carbons (Fsp3) is 0.385. The molecule has 0 heterocycles. The number of rotatable bonds is 4. The maximum Gasteiger partial charge on any atom is 0.407 e. The summed E-state index contributed by atoms with van der Waals surface area (Å²) < 4.78 is 9.12. The standard InChI is InChI=1S/C13H17NO4/c1-9-4-6-10(7-5-9)8-11(12(15)17-2)14-13(16)18-3/h4-7,11H,8H2,1-3H3,(H,14,16). The van der Waals surface area contributed by atoms with Crippen LogP contribution in [0, 0.1) is 6.92 Å². The van der Waals surface area contributed by atoms with Crippen LogP contribution in [0.3, 0.4) is 0 Å². The second kappa shape index (κ2) is 6.64. The van der Waals surface area contributed by atoms with Crippen LogP contribution in [0.1, 0.15) is 11.1 Å². The van der Waals surface area contributed by atoms with E-state index in [1.54, 1.807) is 0 Å². The van der Waals surface area contributed by atoms with Crippen molar-refractivity contribution < 1.29 is 19.1 Å². The Kier molecular flexibility index (Phi) is 5.17. The van der Waals surface area contributed by atoms with E-state index in [-0.39, 0.29) is 0 Å². The van der Waals surface area contributed by atoms with Gasteiger partial charge in [-0.1, -0.05) is 29.8 Å². The first-order valence-electron chi connectivity index (χ1n) is 5.54. The molecule has 1 atom stereocenters. The largest absolute Gasteiger partial charge is 0.467 e. The molecule has 0 aliphatic carbocycles. The second-order valence-corrected chi connectivity index (χ2v) is 3.90. The Balaban J connectivity index is 2.74. The highest BCUT2D eigenvalue weighted by molar-refractivity contribution is 5.81. The number of hydrogen-bond donors (Lipinski definition) is 1. The van der Waals surface area contributed by atoms with E-state index in [2.05, 4.69) is 14.8 Å². The van der Waals surface area contributed by atoms with E-state index in [1.807, 2.05) is 31.2 Å². The van der Waals surface area contributed by atoms with E-state index < -0.39 is 18.1 Å². The van der Waals surface area contributed by atoms with Crippen molar-refractivity contribution in [3.8, 4) is 0 Å². The van der Waals surface area contributed by atoms with Crippen molar-refractivity contribution in [2.24, 2.45) is 0 Å². The summed E-state index contributed by atoms with van der Waals surface area (Å²) in [4.78, 5) is 22.7. The van der Waals surface area contributed by atoms with E-state index in [1.165, 1.54) is 14.2 Å². The molecule has 0 aliphatic heterocycles. The molecule has 1 unspecified atom stereocenters. The van der Waals surface area contributed by atoms with Crippen LogP contribution in [0.15, 0.2) is 24.3 Å². The summed E-state index contributed by atoms with van der Waals surface area (Å²) >= 11 is 0. The van der Waals surface area contributed by atoms with Crippen LogP contribution < -0.4 is 5.32 Å². The molecule has 5 heteroatoms. The van der Waals surface area contributed by atoms with E-state index in [9.17, 15) is 9.59 Å². The Bertz CT molecular complexity index is 414. The zero-order chi connectivity index (χ0) is 13.5. The lowest BCUT2D eigenvalue weighted by atomic mass is 10.0. The van der Waals surface area contributed by atoms with Crippen molar-refractivity contribution in [3.05, 3.63) is 35.4 Å². The van der Waals surface area contributed by atoms with Gasteiger partial charge < -0.3 is 14.8 Å². The van der Waals surface area contributed by atoms with E-state index >= 15 is 0 Å². The summed E-state index contributed by atoms with van der Waals surface area (Å²) in [6.07, 6.45) is -0.292. The molecular weight excluding hydrogens is 234 g/mol. The zero-order valence-electron chi connectivity index (χ0n) is 10.7. The van der Waals surface area contributed by atoms with Gasteiger partial charge in [0.05, 0.1) is 14.2 Å². The fourth-order valence-corrected chi connectivity index (χ4v) is 1.50. The van der Waals surface area contributed by atoms with Crippen molar-refractivity contribution in [2.75, 3.05) is 14.2 Å². The van der Waals surface area contributed by atoms with Gasteiger partial charge in [-0.25, -0.2) is 9.59 Å². The Morgan fingerprint density at radius 3 is 2.28 bits per heavy atom. The molecule has 1 aromatic rings. The van der Waals surface area contributed by atoms with Gasteiger partial charge in [-0.05, 0) is 12.5 Å². The van der Waals surface area contributed by atoms with Crippen LogP contribution in [0.4, 0.5) is 4.79 Å². The Morgan fingerprint density at radius 2 is 1.78 bits per heavy atom. The van der Waals surface area contributed by atoms with Gasteiger partial charge in [0.25, 0.3) is 0 Å². The average Bonchev–Trinajstić information content (AvgIpc) is 2.39. The van der Waals surface area contributed by atoms with Gasteiger partial charge in [-0.15, -0.1) is 0 Å². The van der Waals surface area contributed by atoms with Gasteiger partial charge in [0, 0.05) is 6.42 Å². The number of esters is 1. The molecule has 0 spiro atoms. The number of hydrogen-bond acceptors (Lipinski definition) is 4. The number of ether oxygens (including phenoxy) is 2. The molecule has 98 valence electrons. The van der Waals surface area contributed by atoms with Crippen molar-refractivity contribution >= 4 is 12.1 Å². The molecule has 0 aliphatic rings. The van der Waals surface area contributed by atoms with Crippen LogP contribution >= 0.6 is 0 Å².